The molecule has 1 aromatic rings. The van der Waals surface area contributed by atoms with Crippen molar-refractivity contribution in [2.24, 2.45) is 5.92 Å². The third-order valence-electron chi connectivity index (χ3n) is 6.67. The van der Waals surface area contributed by atoms with Crippen LogP contribution in [0.2, 0.25) is 0 Å². The molecule has 8 heteroatoms. The van der Waals surface area contributed by atoms with E-state index in [1.54, 1.807) is 45.9 Å². The second-order valence-corrected chi connectivity index (χ2v) is 11.4. The fourth-order valence-electron chi connectivity index (χ4n) is 4.37. The van der Waals surface area contributed by atoms with E-state index in [-0.39, 0.29) is 29.5 Å². The van der Waals surface area contributed by atoms with Gasteiger partial charge >= 0.3 is 6.09 Å². The van der Waals surface area contributed by atoms with Crippen LogP contribution in [-0.2, 0) is 14.3 Å². The molecule has 0 aliphatic rings. The third-order valence-corrected chi connectivity index (χ3v) is 6.67. The van der Waals surface area contributed by atoms with Gasteiger partial charge in [0.2, 0.25) is 11.8 Å². The Balaban J connectivity index is 3.61. The lowest BCUT2D eigenvalue weighted by Gasteiger charge is -2.37. The summed E-state index contributed by atoms with van der Waals surface area (Å²) in [7, 11) is 0. The van der Waals surface area contributed by atoms with Gasteiger partial charge in [-0.05, 0) is 58.9 Å². The highest BCUT2D eigenvalue weighted by Crippen LogP contribution is 2.33. The molecule has 3 N–H and O–H groups in total. The summed E-state index contributed by atoms with van der Waals surface area (Å²) in [6.07, 6.45) is 4.14. The van der Waals surface area contributed by atoms with Crippen molar-refractivity contribution in [2.75, 3.05) is 6.54 Å². The molecule has 8 nitrogen and oxygen atoms in total. The van der Waals surface area contributed by atoms with Gasteiger partial charge in [-0.15, -0.1) is 0 Å². The number of para-hydroxylation sites is 1. The van der Waals surface area contributed by atoms with Crippen LogP contribution in [-0.4, -0.2) is 52.1 Å². The maximum Gasteiger partial charge on any atom is 0.408 e. The fourth-order valence-corrected chi connectivity index (χ4v) is 4.37. The van der Waals surface area contributed by atoms with Crippen LogP contribution in [0.5, 0.6) is 5.75 Å². The van der Waals surface area contributed by atoms with Crippen molar-refractivity contribution in [1.29, 1.82) is 0 Å². The Morgan fingerprint density at radius 2 is 1.68 bits per heavy atom. The van der Waals surface area contributed by atoms with Crippen LogP contribution in [0.4, 0.5) is 4.79 Å². The molecule has 0 aliphatic carbocycles. The zero-order valence-corrected chi connectivity index (χ0v) is 25.0. The van der Waals surface area contributed by atoms with Gasteiger partial charge in [-0.25, -0.2) is 4.79 Å². The van der Waals surface area contributed by atoms with Crippen LogP contribution in [0, 0.1) is 12.8 Å². The molecule has 1 aromatic carbocycles. The molecule has 0 bridgehead atoms. The maximum absolute atomic E-state index is 14.3. The van der Waals surface area contributed by atoms with Crippen molar-refractivity contribution in [3.8, 4) is 5.75 Å². The van der Waals surface area contributed by atoms with Gasteiger partial charge < -0.3 is 25.4 Å². The fraction of sp³-hybridized carbons (Fsp3) is 0.700. The monoisotopic (exact) mass is 533 g/mol. The molecular weight excluding hydrogens is 482 g/mol. The van der Waals surface area contributed by atoms with Gasteiger partial charge in [-0.3, -0.25) is 9.59 Å². The molecule has 38 heavy (non-hydrogen) atoms. The van der Waals surface area contributed by atoms with Crippen molar-refractivity contribution < 1.29 is 24.2 Å². The summed E-state index contributed by atoms with van der Waals surface area (Å²) in [5, 5.41) is 16.8. The Kier molecular flexibility index (Phi) is 13.6. The summed E-state index contributed by atoms with van der Waals surface area (Å²) in [6.45, 7) is 17.3. The van der Waals surface area contributed by atoms with Gasteiger partial charge in [0.25, 0.3) is 0 Å². The first kappa shape index (κ1) is 33.3. The SMILES string of the molecule is CCCCCN(C(=O)C(NC(=O)OC(C)(C)C)C(C)CC)C(C(=O)NC(C)CCC)c1cccc(C)c1O. The van der Waals surface area contributed by atoms with Gasteiger partial charge in [0, 0.05) is 18.2 Å². The number of amides is 3. The number of unbranched alkanes of at least 4 members (excludes halogenated alkanes) is 2. The number of aryl methyl sites for hydroxylation is 1. The minimum Gasteiger partial charge on any atom is -0.507 e. The zero-order chi connectivity index (χ0) is 29.0. The molecule has 0 radical (unpaired) electrons. The number of ether oxygens (including phenoxy) is 1. The summed E-state index contributed by atoms with van der Waals surface area (Å²) in [4.78, 5) is 42.4. The number of alkyl carbamates (subject to hydrolysis) is 1. The number of carbonyl (C=O) groups is 3. The Morgan fingerprint density at radius 1 is 1.03 bits per heavy atom. The molecule has 0 aliphatic heterocycles. The molecule has 1 rings (SSSR count). The van der Waals surface area contributed by atoms with E-state index in [9.17, 15) is 19.5 Å². The van der Waals surface area contributed by atoms with Crippen molar-refractivity contribution in [3.63, 3.8) is 0 Å². The van der Waals surface area contributed by atoms with E-state index in [0.717, 1.165) is 25.7 Å². The number of benzene rings is 1. The summed E-state index contributed by atoms with van der Waals surface area (Å²) in [6, 6.07) is 3.19. The highest BCUT2D eigenvalue weighted by atomic mass is 16.6. The highest BCUT2D eigenvalue weighted by Gasteiger charge is 2.39. The Bertz CT molecular complexity index is 912. The lowest BCUT2D eigenvalue weighted by atomic mass is 9.94. The Morgan fingerprint density at radius 3 is 2.24 bits per heavy atom. The number of aromatic hydroxyl groups is 1. The zero-order valence-electron chi connectivity index (χ0n) is 25.0. The molecule has 0 saturated heterocycles. The van der Waals surface area contributed by atoms with Gasteiger partial charge in [0.05, 0.1) is 0 Å². The first-order valence-corrected chi connectivity index (χ1v) is 14.2. The van der Waals surface area contributed by atoms with Gasteiger partial charge in [0.1, 0.15) is 23.4 Å². The lowest BCUT2D eigenvalue weighted by molar-refractivity contribution is -0.143. The summed E-state index contributed by atoms with van der Waals surface area (Å²) in [5.41, 5.74) is 0.267. The number of phenolic OH excluding ortho intramolecular Hbond substituents is 1. The van der Waals surface area contributed by atoms with E-state index in [0.29, 0.717) is 30.5 Å². The number of nitrogens with zero attached hydrogens (tertiary/aromatic N) is 1. The predicted molar refractivity (Wildman–Crippen MR) is 152 cm³/mol. The van der Waals surface area contributed by atoms with Gasteiger partial charge in [-0.2, -0.15) is 0 Å². The predicted octanol–water partition coefficient (Wildman–Crippen LogP) is 6.00. The summed E-state index contributed by atoms with van der Waals surface area (Å²) >= 11 is 0. The minimum absolute atomic E-state index is 0.00993. The number of nitrogens with one attached hydrogen (secondary N) is 2. The second kappa shape index (κ2) is 15.6. The number of rotatable bonds is 14. The number of carbonyl (C=O) groups excluding carboxylic acids is 3. The summed E-state index contributed by atoms with van der Waals surface area (Å²) in [5.74, 6) is -0.941. The number of hydrogen-bond donors (Lipinski definition) is 3. The van der Waals surface area contributed by atoms with Crippen molar-refractivity contribution in [1.82, 2.24) is 15.5 Å². The third kappa shape index (κ3) is 10.2. The average molecular weight is 534 g/mol. The summed E-state index contributed by atoms with van der Waals surface area (Å²) < 4.78 is 5.46. The van der Waals surface area contributed by atoms with Crippen LogP contribution in [0.25, 0.3) is 0 Å². The molecule has 0 fully saturated rings. The molecule has 216 valence electrons. The Hall–Kier alpha value is -2.77. The molecule has 3 amide bonds. The Labute approximate surface area is 229 Å². The standard InChI is InChI=1S/C30H51N3O5/c1-10-13-14-19-33(28(36)24(20(4)12-3)32-29(37)38-30(7,8)9)25(27(35)31-22(6)16-11-2)23-18-15-17-21(5)26(23)34/h15,17-18,20,22,24-25,34H,10-14,16,19H2,1-9H3,(H,31,35)(H,32,37). The lowest BCUT2D eigenvalue weighted by Crippen LogP contribution is -2.55. The molecule has 0 heterocycles. The topological polar surface area (TPSA) is 108 Å². The number of phenols is 1. The van der Waals surface area contributed by atoms with Gasteiger partial charge in [0.15, 0.2) is 0 Å². The van der Waals surface area contributed by atoms with E-state index in [2.05, 4.69) is 17.6 Å². The highest BCUT2D eigenvalue weighted by molar-refractivity contribution is 5.92. The van der Waals surface area contributed by atoms with Crippen LogP contribution >= 0.6 is 0 Å². The molecule has 4 atom stereocenters. The molecule has 0 saturated carbocycles. The van der Waals surface area contributed by atoms with Crippen LogP contribution < -0.4 is 10.6 Å². The van der Waals surface area contributed by atoms with E-state index >= 15 is 0 Å². The molecule has 0 aromatic heterocycles. The van der Waals surface area contributed by atoms with Crippen molar-refractivity contribution >= 4 is 17.9 Å². The van der Waals surface area contributed by atoms with Crippen LogP contribution in [0.3, 0.4) is 0 Å². The minimum atomic E-state index is -1.05. The maximum atomic E-state index is 14.3. The normalized spacial score (nSPS) is 14.7. The average Bonchev–Trinajstić information content (AvgIpc) is 2.82. The van der Waals surface area contributed by atoms with Crippen LogP contribution in [0.15, 0.2) is 18.2 Å². The molecule has 0 spiro atoms. The smallest absolute Gasteiger partial charge is 0.408 e. The largest absolute Gasteiger partial charge is 0.507 e. The second-order valence-electron chi connectivity index (χ2n) is 11.4. The van der Waals surface area contributed by atoms with Gasteiger partial charge in [-0.1, -0.05) is 71.6 Å². The van der Waals surface area contributed by atoms with E-state index in [4.69, 9.17) is 4.74 Å². The molecule has 4 unspecified atom stereocenters. The van der Waals surface area contributed by atoms with E-state index < -0.39 is 23.8 Å². The van der Waals surface area contributed by atoms with Crippen molar-refractivity contribution in [2.45, 2.75) is 125 Å². The quantitative estimate of drug-likeness (QED) is 0.254. The van der Waals surface area contributed by atoms with Crippen LogP contribution in [0.1, 0.15) is 111 Å². The van der Waals surface area contributed by atoms with E-state index in [1.807, 2.05) is 27.7 Å². The first-order valence-electron chi connectivity index (χ1n) is 14.2. The van der Waals surface area contributed by atoms with E-state index in [1.165, 1.54) is 4.90 Å². The first-order chi connectivity index (χ1) is 17.8. The molecular formula is C30H51N3O5. The number of hydrogen-bond acceptors (Lipinski definition) is 5. The van der Waals surface area contributed by atoms with Crippen molar-refractivity contribution in [3.05, 3.63) is 29.3 Å².